The van der Waals surface area contributed by atoms with Gasteiger partial charge in [-0.15, -0.1) is 11.3 Å². The number of anilines is 3. The van der Waals surface area contributed by atoms with Gasteiger partial charge in [0.25, 0.3) is 5.91 Å². The van der Waals surface area contributed by atoms with Crippen LogP contribution in [0.25, 0.3) is 0 Å². The number of benzene rings is 1. The van der Waals surface area contributed by atoms with E-state index in [0.717, 1.165) is 25.9 Å². The molecular weight excluding hydrogens is 289 g/mol. The highest BCUT2D eigenvalue weighted by molar-refractivity contribution is 7.12. The molecule has 21 heavy (non-hydrogen) atoms. The van der Waals surface area contributed by atoms with Crippen molar-refractivity contribution >= 4 is 34.3 Å². The van der Waals surface area contributed by atoms with Gasteiger partial charge in [-0.05, 0) is 42.5 Å². The van der Waals surface area contributed by atoms with E-state index in [2.05, 4.69) is 5.32 Å². The number of nitrogen functional groups attached to an aromatic ring is 1. The molecule has 4 nitrogen and oxygen atoms in total. The molecule has 1 aromatic carbocycles. The predicted octanol–water partition coefficient (Wildman–Crippen LogP) is 3.32. The third-order valence-corrected chi connectivity index (χ3v) is 4.48. The molecule has 1 aliphatic rings. The van der Waals surface area contributed by atoms with Gasteiger partial charge in [0.15, 0.2) is 0 Å². The number of nitrogens with two attached hydrogens (primary N) is 1. The van der Waals surface area contributed by atoms with Gasteiger partial charge in [0, 0.05) is 18.8 Å². The predicted molar refractivity (Wildman–Crippen MR) is 84.5 cm³/mol. The highest BCUT2D eigenvalue weighted by Gasteiger charge is 2.17. The lowest BCUT2D eigenvalue weighted by atomic mass is 10.2. The molecule has 2 aromatic rings. The first-order valence-electron chi connectivity index (χ1n) is 6.84. The van der Waals surface area contributed by atoms with E-state index in [9.17, 15) is 9.18 Å². The Labute approximate surface area is 126 Å². The van der Waals surface area contributed by atoms with Gasteiger partial charge < -0.3 is 16.0 Å². The van der Waals surface area contributed by atoms with E-state index in [-0.39, 0.29) is 11.7 Å². The Kier molecular flexibility index (Phi) is 3.79. The molecule has 0 bridgehead atoms. The molecule has 3 N–H and O–H groups in total. The van der Waals surface area contributed by atoms with Crippen LogP contribution in [0.3, 0.4) is 0 Å². The molecule has 110 valence electrons. The van der Waals surface area contributed by atoms with Crippen LogP contribution >= 0.6 is 11.3 Å². The largest absolute Gasteiger partial charge is 0.397 e. The highest BCUT2D eigenvalue weighted by atomic mass is 32.1. The molecule has 0 spiro atoms. The van der Waals surface area contributed by atoms with E-state index in [0.29, 0.717) is 21.9 Å². The maximum atomic E-state index is 14.2. The van der Waals surface area contributed by atoms with E-state index < -0.39 is 0 Å². The summed E-state index contributed by atoms with van der Waals surface area (Å²) in [5, 5.41) is 4.43. The Hall–Kier alpha value is -2.08. The number of rotatable bonds is 3. The summed E-state index contributed by atoms with van der Waals surface area (Å²) in [5.41, 5.74) is 7.17. The Bertz CT molecular complexity index is 665. The summed E-state index contributed by atoms with van der Waals surface area (Å²) in [6, 6.07) is 6.47. The minimum Gasteiger partial charge on any atom is -0.397 e. The van der Waals surface area contributed by atoms with Gasteiger partial charge in [0.05, 0.1) is 11.4 Å². The van der Waals surface area contributed by atoms with Crippen molar-refractivity contribution in [2.45, 2.75) is 12.8 Å². The zero-order valence-corrected chi connectivity index (χ0v) is 12.3. The number of carbonyl (C=O) groups excluding carboxylic acids is 1. The molecule has 0 aliphatic carbocycles. The molecule has 0 saturated carbocycles. The standard InChI is InChI=1S/C15H16FN3OS/c16-11-9-10(3-4-13(11)19-6-1-2-7-19)18-15(20)14-12(17)5-8-21-14/h3-5,8-9H,1-2,6-7,17H2,(H,18,20). The molecule has 1 amide bonds. The second-order valence-corrected chi connectivity index (χ2v) is 5.94. The van der Waals surface area contributed by atoms with E-state index in [1.54, 1.807) is 23.6 Å². The van der Waals surface area contributed by atoms with E-state index in [1.807, 2.05) is 4.90 Å². The molecule has 1 aliphatic heterocycles. The Morgan fingerprint density at radius 3 is 2.67 bits per heavy atom. The number of halogens is 1. The fraction of sp³-hybridized carbons (Fsp3) is 0.267. The van der Waals surface area contributed by atoms with Crippen molar-refractivity contribution < 1.29 is 9.18 Å². The van der Waals surface area contributed by atoms with E-state index in [1.165, 1.54) is 17.4 Å². The molecule has 3 rings (SSSR count). The minimum atomic E-state index is -0.311. The molecular formula is C15H16FN3OS. The van der Waals surface area contributed by atoms with Crippen molar-refractivity contribution in [1.29, 1.82) is 0 Å². The molecule has 6 heteroatoms. The smallest absolute Gasteiger partial charge is 0.267 e. The van der Waals surface area contributed by atoms with Gasteiger partial charge in [0.1, 0.15) is 10.7 Å². The summed E-state index contributed by atoms with van der Waals surface area (Å²) in [6.07, 6.45) is 2.19. The third-order valence-electron chi connectivity index (χ3n) is 3.55. The fourth-order valence-corrected chi connectivity index (χ4v) is 3.20. The van der Waals surface area contributed by atoms with E-state index in [4.69, 9.17) is 5.73 Å². The van der Waals surface area contributed by atoms with Crippen LogP contribution in [0.5, 0.6) is 0 Å². The van der Waals surface area contributed by atoms with Crippen LogP contribution in [-0.2, 0) is 0 Å². The number of hydrogen-bond acceptors (Lipinski definition) is 4. The first-order valence-corrected chi connectivity index (χ1v) is 7.72. The number of amides is 1. The van der Waals surface area contributed by atoms with Crippen LogP contribution in [0, 0.1) is 5.82 Å². The third kappa shape index (κ3) is 2.85. The summed E-state index contributed by atoms with van der Waals surface area (Å²) < 4.78 is 14.2. The lowest BCUT2D eigenvalue weighted by Crippen LogP contribution is -2.19. The SMILES string of the molecule is Nc1ccsc1C(=O)Nc1ccc(N2CCCC2)c(F)c1. The van der Waals surface area contributed by atoms with Crippen LogP contribution in [0.2, 0.25) is 0 Å². The lowest BCUT2D eigenvalue weighted by Gasteiger charge is -2.18. The van der Waals surface area contributed by atoms with Crippen molar-refractivity contribution in [3.05, 3.63) is 40.3 Å². The Morgan fingerprint density at radius 1 is 1.29 bits per heavy atom. The summed E-state index contributed by atoms with van der Waals surface area (Å²) >= 11 is 1.27. The zero-order valence-electron chi connectivity index (χ0n) is 11.4. The number of nitrogens with one attached hydrogen (secondary N) is 1. The van der Waals surface area contributed by atoms with Gasteiger partial charge in [-0.1, -0.05) is 0 Å². The van der Waals surface area contributed by atoms with E-state index >= 15 is 0 Å². The van der Waals surface area contributed by atoms with Gasteiger partial charge in [-0.25, -0.2) is 4.39 Å². The van der Waals surface area contributed by atoms with Crippen LogP contribution < -0.4 is 16.0 Å². The monoisotopic (exact) mass is 305 g/mol. The summed E-state index contributed by atoms with van der Waals surface area (Å²) in [6.45, 7) is 1.77. The number of thiophene rings is 1. The van der Waals surface area contributed by atoms with Gasteiger partial charge >= 0.3 is 0 Å². The quantitative estimate of drug-likeness (QED) is 0.914. The number of carbonyl (C=O) groups is 1. The van der Waals surface area contributed by atoms with Gasteiger partial charge in [0.2, 0.25) is 0 Å². The second kappa shape index (κ2) is 5.73. The van der Waals surface area contributed by atoms with Crippen LogP contribution in [0.1, 0.15) is 22.5 Å². The summed E-state index contributed by atoms with van der Waals surface area (Å²) in [5.74, 6) is -0.621. The highest BCUT2D eigenvalue weighted by Crippen LogP contribution is 2.27. The number of hydrogen-bond donors (Lipinski definition) is 2. The minimum absolute atomic E-state index is 0.309. The van der Waals surface area contributed by atoms with Crippen LogP contribution in [0.15, 0.2) is 29.6 Å². The topological polar surface area (TPSA) is 58.4 Å². The van der Waals surface area contributed by atoms with Gasteiger partial charge in [-0.2, -0.15) is 0 Å². The molecule has 0 unspecified atom stereocenters. The van der Waals surface area contributed by atoms with Crippen LogP contribution in [0.4, 0.5) is 21.5 Å². The van der Waals surface area contributed by atoms with Crippen LogP contribution in [-0.4, -0.2) is 19.0 Å². The molecule has 1 fully saturated rings. The normalized spacial score (nSPS) is 14.4. The first kappa shape index (κ1) is 13.9. The average Bonchev–Trinajstić information content (AvgIpc) is 3.10. The molecule has 2 heterocycles. The second-order valence-electron chi connectivity index (χ2n) is 5.02. The molecule has 0 atom stereocenters. The zero-order chi connectivity index (χ0) is 14.8. The van der Waals surface area contributed by atoms with Crippen molar-refractivity contribution in [3.63, 3.8) is 0 Å². The summed E-state index contributed by atoms with van der Waals surface area (Å²) in [4.78, 5) is 14.5. The Morgan fingerprint density at radius 2 is 2.05 bits per heavy atom. The molecule has 0 radical (unpaired) electrons. The van der Waals surface area contributed by atoms with Crippen molar-refractivity contribution in [2.75, 3.05) is 29.0 Å². The van der Waals surface area contributed by atoms with Crippen molar-refractivity contribution in [2.24, 2.45) is 0 Å². The molecule has 1 saturated heterocycles. The maximum absolute atomic E-state index is 14.2. The van der Waals surface area contributed by atoms with Crippen molar-refractivity contribution in [3.8, 4) is 0 Å². The van der Waals surface area contributed by atoms with Crippen molar-refractivity contribution in [1.82, 2.24) is 0 Å². The first-order chi connectivity index (χ1) is 10.1. The van der Waals surface area contributed by atoms with Gasteiger partial charge in [-0.3, -0.25) is 4.79 Å². The fourth-order valence-electron chi connectivity index (χ4n) is 2.49. The lowest BCUT2D eigenvalue weighted by molar-refractivity contribution is 0.103. The number of nitrogens with zero attached hydrogens (tertiary/aromatic N) is 1. The summed E-state index contributed by atoms with van der Waals surface area (Å²) in [7, 11) is 0. The Balaban J connectivity index is 1.76. The maximum Gasteiger partial charge on any atom is 0.267 e. The molecule has 1 aromatic heterocycles. The average molecular weight is 305 g/mol.